The van der Waals surface area contributed by atoms with Crippen LogP contribution in [0.2, 0.25) is 0 Å². The summed E-state index contributed by atoms with van der Waals surface area (Å²) in [6.07, 6.45) is 4.42. The monoisotopic (exact) mass is 367 g/mol. The topological polar surface area (TPSA) is 37.4 Å². The summed E-state index contributed by atoms with van der Waals surface area (Å²) < 4.78 is 0. The van der Waals surface area contributed by atoms with Crippen LogP contribution in [-0.2, 0) is 9.59 Å². The lowest BCUT2D eigenvalue weighted by Gasteiger charge is -2.19. The molecule has 2 amide bonds. The van der Waals surface area contributed by atoms with Gasteiger partial charge in [0.1, 0.15) is 0 Å². The zero-order chi connectivity index (χ0) is 19.4. The second kappa shape index (κ2) is 6.16. The number of amides is 2. The van der Waals surface area contributed by atoms with Gasteiger partial charge in [-0.3, -0.25) is 9.59 Å². The van der Waals surface area contributed by atoms with E-state index in [-0.39, 0.29) is 35.5 Å². The average Bonchev–Trinajstić information content (AvgIpc) is 3.22. The van der Waals surface area contributed by atoms with Crippen molar-refractivity contribution >= 4 is 39.0 Å². The fourth-order valence-corrected chi connectivity index (χ4v) is 5.03. The molecule has 138 valence electrons. The minimum atomic E-state index is -0.319. The molecule has 3 aromatic carbocycles. The highest BCUT2D eigenvalue weighted by molar-refractivity contribution is 6.23. The predicted molar refractivity (Wildman–Crippen MR) is 113 cm³/mol. The van der Waals surface area contributed by atoms with Crippen LogP contribution in [0.5, 0.6) is 0 Å². The normalized spacial score (nSPS) is 26.8. The number of benzene rings is 3. The molecule has 28 heavy (non-hydrogen) atoms. The van der Waals surface area contributed by atoms with E-state index in [9.17, 15) is 9.59 Å². The first kappa shape index (κ1) is 16.9. The molecule has 4 atom stereocenters. The average molecular weight is 367 g/mol. The van der Waals surface area contributed by atoms with E-state index < -0.39 is 0 Å². The fourth-order valence-electron chi connectivity index (χ4n) is 5.03. The van der Waals surface area contributed by atoms with E-state index in [4.69, 9.17) is 0 Å². The third-order valence-electron chi connectivity index (χ3n) is 6.42. The Morgan fingerprint density at radius 3 is 1.86 bits per heavy atom. The van der Waals surface area contributed by atoms with Crippen molar-refractivity contribution in [2.45, 2.75) is 6.42 Å². The van der Waals surface area contributed by atoms with Gasteiger partial charge in [-0.2, -0.15) is 0 Å². The van der Waals surface area contributed by atoms with Crippen LogP contribution in [0.3, 0.4) is 0 Å². The maximum atomic E-state index is 13.2. The van der Waals surface area contributed by atoms with Crippen LogP contribution >= 0.6 is 0 Å². The summed E-state index contributed by atoms with van der Waals surface area (Å²) in [6.45, 7) is 7.77. The third kappa shape index (κ3) is 2.29. The number of hydrogen-bond donors (Lipinski definition) is 0. The number of fused-ring (bicyclic) bond motifs is 3. The highest BCUT2D eigenvalue weighted by Crippen LogP contribution is 2.49. The number of carbonyl (C=O) groups excluding carboxylic acids is 2. The molecule has 1 aliphatic heterocycles. The van der Waals surface area contributed by atoms with Crippen molar-refractivity contribution in [3.05, 3.63) is 79.9 Å². The van der Waals surface area contributed by atoms with Gasteiger partial charge < -0.3 is 0 Å². The lowest BCUT2D eigenvalue weighted by atomic mass is 9.89. The first-order valence-corrected chi connectivity index (χ1v) is 9.68. The Bertz CT molecular complexity index is 1130. The van der Waals surface area contributed by atoms with Crippen LogP contribution in [0.4, 0.5) is 5.69 Å². The smallest absolute Gasteiger partial charge is 0.238 e. The zero-order valence-corrected chi connectivity index (χ0v) is 15.5. The Morgan fingerprint density at radius 2 is 1.29 bits per heavy atom. The van der Waals surface area contributed by atoms with Gasteiger partial charge in [0.2, 0.25) is 11.8 Å². The lowest BCUT2D eigenvalue weighted by Crippen LogP contribution is -2.33. The molecule has 0 spiro atoms. The van der Waals surface area contributed by atoms with E-state index in [1.807, 2.05) is 42.5 Å². The maximum absolute atomic E-state index is 13.2. The van der Waals surface area contributed by atoms with Gasteiger partial charge in [0.15, 0.2) is 0 Å². The molecule has 0 bridgehead atoms. The summed E-state index contributed by atoms with van der Waals surface area (Å²) >= 11 is 0. The summed E-state index contributed by atoms with van der Waals surface area (Å²) in [6, 6.07) is 18.2. The summed E-state index contributed by atoms with van der Waals surface area (Å²) in [5, 5.41) is 4.43. The van der Waals surface area contributed by atoms with Crippen LogP contribution < -0.4 is 4.90 Å². The first-order valence-electron chi connectivity index (χ1n) is 9.68. The number of nitrogens with zero attached hydrogens (tertiary/aromatic N) is 1. The van der Waals surface area contributed by atoms with Crippen LogP contribution in [0.1, 0.15) is 6.42 Å². The quantitative estimate of drug-likeness (QED) is 0.367. The summed E-state index contributed by atoms with van der Waals surface area (Å²) in [4.78, 5) is 27.8. The van der Waals surface area contributed by atoms with Gasteiger partial charge in [0, 0.05) is 0 Å². The molecule has 0 radical (unpaired) electrons. The number of allylic oxidation sites excluding steroid dienone is 2. The molecule has 5 rings (SSSR count). The van der Waals surface area contributed by atoms with E-state index in [2.05, 4.69) is 37.4 Å². The minimum absolute atomic E-state index is 0.0267. The van der Waals surface area contributed by atoms with Crippen LogP contribution in [-0.4, -0.2) is 11.8 Å². The molecule has 4 unspecified atom stereocenters. The number of carbonyl (C=O) groups is 2. The minimum Gasteiger partial charge on any atom is -0.274 e. The molecule has 1 saturated carbocycles. The number of rotatable bonds is 3. The maximum Gasteiger partial charge on any atom is 0.238 e. The van der Waals surface area contributed by atoms with Crippen molar-refractivity contribution in [3.63, 3.8) is 0 Å². The Labute approximate surface area is 164 Å². The second-order valence-corrected chi connectivity index (χ2v) is 7.83. The summed E-state index contributed by atoms with van der Waals surface area (Å²) in [7, 11) is 0. The van der Waals surface area contributed by atoms with Crippen molar-refractivity contribution in [3.8, 4) is 0 Å². The standard InChI is InChI=1S/C25H21NO2/c1-3-15-11-16(4-2)23-22(15)24(27)26(25(23)28)21-10-9-19-12-17-7-5-6-8-18(17)13-20(19)14-21/h3-10,12-16,22-23H,1-2,11H2. The van der Waals surface area contributed by atoms with E-state index in [1.165, 1.54) is 10.3 Å². The van der Waals surface area contributed by atoms with Crippen LogP contribution in [0.25, 0.3) is 21.5 Å². The van der Waals surface area contributed by atoms with E-state index in [0.717, 1.165) is 22.6 Å². The van der Waals surface area contributed by atoms with Crippen LogP contribution in [0.15, 0.2) is 79.9 Å². The molecule has 1 aliphatic carbocycles. The Kier molecular flexibility index (Phi) is 3.73. The molecule has 0 aromatic heterocycles. The largest absolute Gasteiger partial charge is 0.274 e. The zero-order valence-electron chi connectivity index (χ0n) is 15.5. The molecular formula is C25H21NO2. The highest BCUT2D eigenvalue weighted by atomic mass is 16.2. The van der Waals surface area contributed by atoms with Crippen molar-refractivity contribution in [2.24, 2.45) is 23.7 Å². The molecule has 3 heteroatoms. The number of hydrogen-bond acceptors (Lipinski definition) is 2. The molecule has 2 fully saturated rings. The Morgan fingerprint density at radius 1 is 0.750 bits per heavy atom. The van der Waals surface area contributed by atoms with Crippen molar-refractivity contribution in [1.29, 1.82) is 0 Å². The van der Waals surface area contributed by atoms with Gasteiger partial charge >= 0.3 is 0 Å². The van der Waals surface area contributed by atoms with Crippen LogP contribution in [0, 0.1) is 23.7 Å². The van der Waals surface area contributed by atoms with Gasteiger partial charge in [-0.25, -0.2) is 4.90 Å². The highest BCUT2D eigenvalue weighted by Gasteiger charge is 2.57. The second-order valence-electron chi connectivity index (χ2n) is 7.83. The Balaban J connectivity index is 1.60. The first-order chi connectivity index (χ1) is 13.6. The lowest BCUT2D eigenvalue weighted by molar-refractivity contribution is -0.123. The van der Waals surface area contributed by atoms with Gasteiger partial charge in [-0.1, -0.05) is 42.5 Å². The van der Waals surface area contributed by atoms with Crippen molar-refractivity contribution in [1.82, 2.24) is 0 Å². The van der Waals surface area contributed by atoms with Gasteiger partial charge in [0.25, 0.3) is 0 Å². The third-order valence-corrected chi connectivity index (χ3v) is 6.42. The Hall–Kier alpha value is -3.20. The molecular weight excluding hydrogens is 346 g/mol. The van der Waals surface area contributed by atoms with Gasteiger partial charge in [0.05, 0.1) is 17.5 Å². The molecule has 0 N–H and O–H groups in total. The molecule has 2 aliphatic rings. The van der Waals surface area contributed by atoms with E-state index >= 15 is 0 Å². The predicted octanol–water partition coefficient (Wildman–Crippen LogP) is 5.11. The molecule has 3 nitrogen and oxygen atoms in total. The van der Waals surface area contributed by atoms with Crippen molar-refractivity contribution in [2.75, 3.05) is 4.90 Å². The molecule has 3 aromatic rings. The van der Waals surface area contributed by atoms with Gasteiger partial charge in [-0.15, -0.1) is 13.2 Å². The van der Waals surface area contributed by atoms with E-state index in [0.29, 0.717) is 5.69 Å². The summed E-state index contributed by atoms with van der Waals surface area (Å²) in [5.41, 5.74) is 0.651. The molecule has 1 saturated heterocycles. The van der Waals surface area contributed by atoms with Crippen molar-refractivity contribution < 1.29 is 9.59 Å². The fraction of sp³-hybridized carbons (Fsp3) is 0.200. The van der Waals surface area contributed by atoms with E-state index in [1.54, 1.807) is 0 Å². The number of anilines is 1. The SMILES string of the molecule is C=CC1CC(C=C)C2C(=O)N(c3ccc4cc5ccccc5cc4c3)C(=O)C12. The van der Waals surface area contributed by atoms with Gasteiger partial charge in [-0.05, 0) is 64.1 Å². The summed E-state index contributed by atoms with van der Waals surface area (Å²) in [5.74, 6) is -0.799. The molecule has 1 heterocycles. The number of imide groups is 1.